The van der Waals surface area contributed by atoms with E-state index < -0.39 is 0 Å². The van der Waals surface area contributed by atoms with Gasteiger partial charge in [0.1, 0.15) is 6.61 Å². The van der Waals surface area contributed by atoms with Gasteiger partial charge in [0.15, 0.2) is 0 Å². The molecule has 1 N–H and O–H groups in total. The molecule has 0 radical (unpaired) electrons. The second kappa shape index (κ2) is 5.57. The van der Waals surface area contributed by atoms with Gasteiger partial charge in [-0.25, -0.2) is 0 Å². The van der Waals surface area contributed by atoms with Gasteiger partial charge in [-0.2, -0.15) is 0 Å². The topological polar surface area (TPSA) is 41.6 Å². The minimum atomic E-state index is -0.122. The van der Waals surface area contributed by atoms with Crippen LogP contribution in [0.15, 0.2) is 0 Å². The summed E-state index contributed by atoms with van der Waals surface area (Å²) < 4.78 is 5.74. The molecule has 0 aromatic rings. The van der Waals surface area contributed by atoms with Gasteiger partial charge in [0.25, 0.3) is 0 Å². The highest BCUT2D eigenvalue weighted by Crippen LogP contribution is 2.28. The first kappa shape index (κ1) is 13.8. The lowest BCUT2D eigenvalue weighted by Crippen LogP contribution is -2.59. The van der Waals surface area contributed by atoms with Gasteiger partial charge in [0.05, 0.1) is 5.60 Å². The zero-order valence-electron chi connectivity index (χ0n) is 11.9. The number of ether oxygens (including phenoxy) is 1. The Morgan fingerprint density at radius 1 is 1.44 bits per heavy atom. The predicted molar refractivity (Wildman–Crippen MR) is 71.4 cm³/mol. The summed E-state index contributed by atoms with van der Waals surface area (Å²) in [5.74, 6) is 0.819. The van der Waals surface area contributed by atoms with E-state index in [-0.39, 0.29) is 18.1 Å². The summed E-state index contributed by atoms with van der Waals surface area (Å²) in [5, 5.41) is 3.18. The number of carbonyl (C=O) groups excluding carboxylic acids is 1. The first-order chi connectivity index (χ1) is 8.50. The Morgan fingerprint density at radius 2 is 2.11 bits per heavy atom. The molecule has 0 aromatic carbocycles. The number of rotatable bonds is 7. The molecule has 1 saturated heterocycles. The number of hydrogen-bond acceptors (Lipinski definition) is 3. The fraction of sp³-hybridized carbons (Fsp3) is 0.929. The van der Waals surface area contributed by atoms with Crippen molar-refractivity contribution in [3.63, 3.8) is 0 Å². The number of nitrogens with one attached hydrogen (secondary N) is 1. The van der Waals surface area contributed by atoms with Crippen LogP contribution in [0, 0.1) is 5.92 Å². The van der Waals surface area contributed by atoms with Crippen molar-refractivity contribution in [2.45, 2.75) is 51.7 Å². The Balaban J connectivity index is 1.76. The molecule has 18 heavy (non-hydrogen) atoms. The van der Waals surface area contributed by atoms with E-state index in [1.807, 2.05) is 4.90 Å². The van der Waals surface area contributed by atoms with Crippen molar-refractivity contribution in [2.24, 2.45) is 5.92 Å². The molecule has 2 aliphatic rings. The third kappa shape index (κ3) is 3.69. The monoisotopic (exact) mass is 254 g/mol. The van der Waals surface area contributed by atoms with Crippen molar-refractivity contribution < 1.29 is 9.53 Å². The normalized spacial score (nSPS) is 21.8. The van der Waals surface area contributed by atoms with Crippen molar-refractivity contribution in [3.8, 4) is 0 Å². The molecule has 0 spiro atoms. The summed E-state index contributed by atoms with van der Waals surface area (Å²) in [6.45, 7) is 9.31. The van der Waals surface area contributed by atoms with Gasteiger partial charge in [-0.15, -0.1) is 0 Å². The van der Waals surface area contributed by atoms with E-state index in [4.69, 9.17) is 4.74 Å². The Kier molecular flexibility index (Phi) is 4.28. The van der Waals surface area contributed by atoms with Crippen LogP contribution in [0.2, 0.25) is 0 Å². The highest BCUT2D eigenvalue weighted by Gasteiger charge is 2.36. The predicted octanol–water partition coefficient (Wildman–Crippen LogP) is 1.40. The average Bonchev–Trinajstić information content (AvgIpc) is 3.08. The molecular weight excluding hydrogens is 228 g/mol. The van der Waals surface area contributed by atoms with Gasteiger partial charge in [-0.3, -0.25) is 4.79 Å². The van der Waals surface area contributed by atoms with Crippen LogP contribution in [0.4, 0.5) is 0 Å². The van der Waals surface area contributed by atoms with Crippen LogP contribution >= 0.6 is 0 Å². The molecule has 0 aromatic heterocycles. The number of nitrogens with zero attached hydrogens (tertiary/aromatic N) is 1. The first-order valence-electron chi connectivity index (χ1n) is 7.14. The lowest BCUT2D eigenvalue weighted by Gasteiger charge is -2.39. The molecule has 2 rings (SSSR count). The number of amides is 1. The van der Waals surface area contributed by atoms with Gasteiger partial charge < -0.3 is 15.0 Å². The van der Waals surface area contributed by atoms with E-state index in [1.54, 1.807) is 0 Å². The van der Waals surface area contributed by atoms with Crippen LogP contribution in [0.3, 0.4) is 0 Å². The lowest BCUT2D eigenvalue weighted by atomic mass is 10.0. The largest absolute Gasteiger partial charge is 0.363 e. The van der Waals surface area contributed by atoms with Crippen LogP contribution in [-0.4, -0.2) is 48.7 Å². The van der Waals surface area contributed by atoms with Crippen LogP contribution in [-0.2, 0) is 9.53 Å². The molecule has 4 nitrogen and oxygen atoms in total. The summed E-state index contributed by atoms with van der Waals surface area (Å²) >= 11 is 0. The van der Waals surface area contributed by atoms with Crippen LogP contribution in [0.25, 0.3) is 0 Å². The first-order valence-corrected chi connectivity index (χ1v) is 7.14. The highest BCUT2D eigenvalue weighted by atomic mass is 16.5. The molecule has 1 saturated carbocycles. The average molecular weight is 254 g/mol. The fourth-order valence-corrected chi connectivity index (χ4v) is 2.19. The minimum absolute atomic E-state index is 0.122. The maximum atomic E-state index is 12.2. The molecule has 1 aliphatic heterocycles. The molecule has 0 unspecified atom stereocenters. The summed E-state index contributed by atoms with van der Waals surface area (Å²) in [4.78, 5) is 14.2. The van der Waals surface area contributed by atoms with Gasteiger partial charge in [0.2, 0.25) is 5.91 Å². The molecule has 0 atom stereocenters. The highest BCUT2D eigenvalue weighted by molar-refractivity contribution is 5.78. The number of carbonyl (C=O) groups is 1. The number of hydrogen-bond donors (Lipinski definition) is 1. The van der Waals surface area contributed by atoms with E-state index in [1.165, 1.54) is 12.8 Å². The van der Waals surface area contributed by atoms with Gasteiger partial charge in [0, 0.05) is 25.7 Å². The van der Waals surface area contributed by atoms with Gasteiger partial charge in [-0.05, 0) is 32.1 Å². The Labute approximate surface area is 110 Å². The molecule has 0 bridgehead atoms. The maximum Gasteiger partial charge on any atom is 0.248 e. The van der Waals surface area contributed by atoms with E-state index >= 15 is 0 Å². The molecular formula is C14H26N2O2. The summed E-state index contributed by atoms with van der Waals surface area (Å²) in [5.41, 5.74) is -0.122. The molecule has 1 heterocycles. The van der Waals surface area contributed by atoms with Crippen molar-refractivity contribution >= 4 is 5.91 Å². The van der Waals surface area contributed by atoms with E-state index in [0.29, 0.717) is 12.0 Å². The second-order valence-corrected chi connectivity index (χ2v) is 6.34. The van der Waals surface area contributed by atoms with Crippen molar-refractivity contribution in [2.75, 3.05) is 26.2 Å². The van der Waals surface area contributed by atoms with Crippen molar-refractivity contribution in [3.05, 3.63) is 0 Å². The minimum Gasteiger partial charge on any atom is -0.363 e. The molecule has 1 aliphatic carbocycles. The Hall–Kier alpha value is -0.610. The molecule has 2 fully saturated rings. The van der Waals surface area contributed by atoms with Crippen LogP contribution < -0.4 is 5.32 Å². The SMILES string of the molecule is CC(C)CCN(C(=O)COC1(C)CNC1)C1CC1. The van der Waals surface area contributed by atoms with Crippen LogP contribution in [0.1, 0.15) is 40.0 Å². The molecule has 1 amide bonds. The third-order valence-electron chi connectivity index (χ3n) is 3.80. The molecule has 4 heteroatoms. The summed E-state index contributed by atoms with van der Waals surface area (Å²) in [6, 6.07) is 0.493. The van der Waals surface area contributed by atoms with E-state index in [9.17, 15) is 4.79 Å². The van der Waals surface area contributed by atoms with Gasteiger partial charge >= 0.3 is 0 Å². The quantitative estimate of drug-likeness (QED) is 0.747. The standard InChI is InChI=1S/C14H26N2O2/c1-11(2)6-7-16(12-4-5-12)13(17)8-18-14(3)9-15-10-14/h11-12,15H,4-10H2,1-3H3. The lowest BCUT2D eigenvalue weighted by molar-refractivity contribution is -0.146. The zero-order chi connectivity index (χ0) is 13.2. The smallest absolute Gasteiger partial charge is 0.248 e. The van der Waals surface area contributed by atoms with Crippen LogP contribution in [0.5, 0.6) is 0 Å². The second-order valence-electron chi connectivity index (χ2n) is 6.34. The fourth-order valence-electron chi connectivity index (χ4n) is 2.19. The Morgan fingerprint density at radius 3 is 2.56 bits per heavy atom. The maximum absolute atomic E-state index is 12.2. The summed E-state index contributed by atoms with van der Waals surface area (Å²) in [6.07, 6.45) is 3.42. The van der Waals surface area contributed by atoms with E-state index in [2.05, 4.69) is 26.1 Å². The van der Waals surface area contributed by atoms with E-state index in [0.717, 1.165) is 26.1 Å². The zero-order valence-corrected chi connectivity index (χ0v) is 11.9. The van der Waals surface area contributed by atoms with Gasteiger partial charge in [-0.1, -0.05) is 13.8 Å². The molecule has 104 valence electrons. The van der Waals surface area contributed by atoms with Crippen molar-refractivity contribution in [1.29, 1.82) is 0 Å². The van der Waals surface area contributed by atoms with Crippen molar-refractivity contribution in [1.82, 2.24) is 10.2 Å². The third-order valence-corrected chi connectivity index (χ3v) is 3.80. The Bertz CT molecular complexity index is 296. The summed E-state index contributed by atoms with van der Waals surface area (Å²) in [7, 11) is 0.